The second-order valence-electron chi connectivity index (χ2n) is 5.51. The number of amides is 1. The molecule has 0 aliphatic heterocycles. The van der Waals surface area contributed by atoms with E-state index in [1.807, 2.05) is 54.6 Å². The van der Waals surface area contributed by atoms with Crippen LogP contribution in [0.3, 0.4) is 0 Å². The number of carbonyl (C=O) groups excluding carboxylic acids is 1. The Balaban J connectivity index is 1.70. The minimum absolute atomic E-state index is 0.118. The summed E-state index contributed by atoms with van der Waals surface area (Å²) in [5.74, 6) is 0.905. The number of carbonyl (C=O) groups is 1. The van der Waals surface area contributed by atoms with Gasteiger partial charge < -0.3 is 5.32 Å². The van der Waals surface area contributed by atoms with Gasteiger partial charge in [0.2, 0.25) is 5.91 Å². The van der Waals surface area contributed by atoms with Gasteiger partial charge in [0, 0.05) is 16.8 Å². The van der Waals surface area contributed by atoms with Crippen LogP contribution in [-0.2, 0) is 10.5 Å². The van der Waals surface area contributed by atoms with Gasteiger partial charge in [0.05, 0.1) is 0 Å². The van der Waals surface area contributed by atoms with Gasteiger partial charge in [0.25, 0.3) is 0 Å². The number of hydrogen-bond acceptors (Lipinski definition) is 2. The van der Waals surface area contributed by atoms with Gasteiger partial charge in [-0.2, -0.15) is 0 Å². The molecule has 114 valence electrons. The molecule has 3 rings (SSSR count). The highest BCUT2D eigenvalue weighted by atomic mass is 35.5. The highest BCUT2D eigenvalue weighted by molar-refractivity contribution is 7.99. The van der Waals surface area contributed by atoms with E-state index in [-0.39, 0.29) is 11.2 Å². The van der Waals surface area contributed by atoms with Crippen molar-refractivity contribution < 1.29 is 4.79 Å². The van der Waals surface area contributed by atoms with Crippen LogP contribution in [0.15, 0.2) is 54.6 Å². The Morgan fingerprint density at radius 1 is 1.14 bits per heavy atom. The number of thioether (sulfide) groups is 1. The van der Waals surface area contributed by atoms with Crippen LogP contribution in [-0.4, -0.2) is 11.9 Å². The first-order chi connectivity index (χ1) is 10.7. The molecule has 1 N–H and O–H groups in total. The zero-order chi connectivity index (χ0) is 15.4. The van der Waals surface area contributed by atoms with Gasteiger partial charge >= 0.3 is 0 Å². The normalized spacial score (nSPS) is 15.3. The molecule has 1 fully saturated rings. The van der Waals surface area contributed by atoms with Crippen molar-refractivity contribution >= 4 is 29.3 Å². The van der Waals surface area contributed by atoms with E-state index in [9.17, 15) is 4.79 Å². The van der Waals surface area contributed by atoms with Crippen molar-refractivity contribution in [3.05, 3.63) is 70.7 Å². The Bertz CT molecular complexity index is 625. The molecule has 2 aromatic carbocycles. The molecule has 0 unspecified atom stereocenters. The van der Waals surface area contributed by atoms with Crippen LogP contribution < -0.4 is 5.32 Å². The molecule has 1 atom stereocenters. The highest BCUT2D eigenvalue weighted by Gasteiger charge is 2.28. The van der Waals surface area contributed by atoms with Gasteiger partial charge in [0.15, 0.2) is 0 Å². The van der Waals surface area contributed by atoms with E-state index >= 15 is 0 Å². The average molecular weight is 332 g/mol. The molecule has 0 heterocycles. The van der Waals surface area contributed by atoms with E-state index in [0.29, 0.717) is 6.04 Å². The van der Waals surface area contributed by atoms with Gasteiger partial charge in [-0.3, -0.25) is 4.79 Å². The SMILES string of the molecule is O=C(NC1CC1)[C@H](SCc1ccc(Cl)cc1)c1ccccc1. The topological polar surface area (TPSA) is 29.1 Å². The zero-order valence-corrected chi connectivity index (χ0v) is 13.7. The van der Waals surface area contributed by atoms with E-state index in [1.54, 1.807) is 11.8 Å². The van der Waals surface area contributed by atoms with Crippen molar-refractivity contribution in [1.29, 1.82) is 0 Å². The molecule has 22 heavy (non-hydrogen) atoms. The second kappa shape index (κ2) is 7.21. The molecular weight excluding hydrogens is 314 g/mol. The fraction of sp³-hybridized carbons (Fsp3) is 0.278. The molecule has 0 bridgehead atoms. The van der Waals surface area contributed by atoms with Crippen LogP contribution >= 0.6 is 23.4 Å². The van der Waals surface area contributed by atoms with Gasteiger partial charge in [-0.1, -0.05) is 54.1 Å². The number of benzene rings is 2. The molecule has 4 heteroatoms. The fourth-order valence-electron chi connectivity index (χ4n) is 2.22. The van der Waals surface area contributed by atoms with Gasteiger partial charge in [0.1, 0.15) is 5.25 Å². The first-order valence-corrected chi connectivity index (χ1v) is 8.86. The quantitative estimate of drug-likeness (QED) is 0.838. The predicted molar refractivity (Wildman–Crippen MR) is 93.1 cm³/mol. The van der Waals surface area contributed by atoms with E-state index in [0.717, 1.165) is 29.2 Å². The summed E-state index contributed by atoms with van der Waals surface area (Å²) in [6.07, 6.45) is 2.21. The summed E-state index contributed by atoms with van der Waals surface area (Å²) in [7, 11) is 0. The summed E-state index contributed by atoms with van der Waals surface area (Å²) < 4.78 is 0. The smallest absolute Gasteiger partial charge is 0.237 e. The standard InChI is InChI=1S/C18H18ClNOS/c19-15-8-6-13(7-9-15)12-22-17(14-4-2-1-3-5-14)18(21)20-16-10-11-16/h1-9,16-17H,10-12H2,(H,20,21)/t17-/m1/s1. The van der Waals surface area contributed by atoms with E-state index in [1.165, 1.54) is 5.56 Å². The summed E-state index contributed by atoms with van der Waals surface area (Å²) in [6, 6.07) is 18.2. The van der Waals surface area contributed by atoms with E-state index < -0.39 is 0 Å². The molecule has 0 aromatic heterocycles. The maximum atomic E-state index is 12.5. The van der Waals surface area contributed by atoms with Crippen molar-refractivity contribution in [2.75, 3.05) is 0 Å². The van der Waals surface area contributed by atoms with Crippen LogP contribution in [0.5, 0.6) is 0 Å². The van der Waals surface area contributed by atoms with E-state index in [4.69, 9.17) is 11.6 Å². The van der Waals surface area contributed by atoms with Gasteiger partial charge in [-0.15, -0.1) is 11.8 Å². The summed E-state index contributed by atoms with van der Waals surface area (Å²) in [5.41, 5.74) is 2.23. The zero-order valence-electron chi connectivity index (χ0n) is 12.2. The largest absolute Gasteiger partial charge is 0.352 e. The summed E-state index contributed by atoms with van der Waals surface area (Å²) in [4.78, 5) is 12.5. The molecule has 0 radical (unpaired) electrons. The highest BCUT2D eigenvalue weighted by Crippen LogP contribution is 2.33. The first-order valence-electron chi connectivity index (χ1n) is 7.44. The first kappa shape index (κ1) is 15.4. The van der Waals surface area contributed by atoms with Crippen molar-refractivity contribution in [3.63, 3.8) is 0 Å². The lowest BCUT2D eigenvalue weighted by Gasteiger charge is -2.17. The third-order valence-corrected chi connectivity index (χ3v) is 5.17. The van der Waals surface area contributed by atoms with Crippen molar-refractivity contribution in [1.82, 2.24) is 5.32 Å². The third-order valence-electron chi connectivity index (χ3n) is 3.59. The summed E-state index contributed by atoms with van der Waals surface area (Å²) >= 11 is 7.57. The molecule has 0 spiro atoms. The molecule has 1 aliphatic rings. The predicted octanol–water partition coefficient (Wildman–Crippen LogP) is 4.59. The van der Waals surface area contributed by atoms with Crippen LogP contribution in [0.1, 0.15) is 29.2 Å². The van der Waals surface area contributed by atoms with Crippen molar-refractivity contribution in [3.8, 4) is 0 Å². The monoisotopic (exact) mass is 331 g/mol. The molecule has 1 aliphatic carbocycles. The lowest BCUT2D eigenvalue weighted by atomic mass is 10.1. The number of nitrogens with one attached hydrogen (secondary N) is 1. The van der Waals surface area contributed by atoms with E-state index in [2.05, 4.69) is 5.32 Å². The molecule has 2 nitrogen and oxygen atoms in total. The Labute approximate surface area is 140 Å². The minimum atomic E-state index is -0.169. The molecule has 0 saturated heterocycles. The number of hydrogen-bond donors (Lipinski definition) is 1. The maximum Gasteiger partial charge on any atom is 0.237 e. The second-order valence-corrected chi connectivity index (χ2v) is 7.04. The maximum absolute atomic E-state index is 12.5. The Morgan fingerprint density at radius 3 is 2.45 bits per heavy atom. The lowest BCUT2D eigenvalue weighted by Crippen LogP contribution is -2.29. The number of rotatable bonds is 6. The molecule has 1 saturated carbocycles. The third kappa shape index (κ3) is 4.28. The van der Waals surface area contributed by atoms with Gasteiger partial charge in [-0.25, -0.2) is 0 Å². The molecule has 2 aromatic rings. The Hall–Kier alpha value is -1.45. The molecular formula is C18H18ClNOS. The van der Waals surface area contributed by atoms with Crippen LogP contribution in [0, 0.1) is 0 Å². The Kier molecular flexibility index (Phi) is 5.06. The lowest BCUT2D eigenvalue weighted by molar-refractivity contribution is -0.120. The fourth-order valence-corrected chi connectivity index (χ4v) is 3.46. The summed E-state index contributed by atoms with van der Waals surface area (Å²) in [6.45, 7) is 0. The van der Waals surface area contributed by atoms with Crippen LogP contribution in [0.4, 0.5) is 0 Å². The van der Waals surface area contributed by atoms with Crippen molar-refractivity contribution in [2.24, 2.45) is 0 Å². The van der Waals surface area contributed by atoms with Crippen LogP contribution in [0.25, 0.3) is 0 Å². The summed E-state index contributed by atoms with van der Waals surface area (Å²) in [5, 5.41) is 3.68. The van der Waals surface area contributed by atoms with Crippen molar-refractivity contribution in [2.45, 2.75) is 29.9 Å². The average Bonchev–Trinajstić information content (AvgIpc) is 3.34. The van der Waals surface area contributed by atoms with Crippen LogP contribution in [0.2, 0.25) is 5.02 Å². The Morgan fingerprint density at radius 2 is 1.82 bits per heavy atom. The number of halogens is 1. The van der Waals surface area contributed by atoms with Gasteiger partial charge in [-0.05, 0) is 36.1 Å². The minimum Gasteiger partial charge on any atom is -0.352 e. The molecule has 1 amide bonds.